The fourth-order valence-electron chi connectivity index (χ4n) is 2.87. The van der Waals surface area contributed by atoms with Gasteiger partial charge in [0.1, 0.15) is 0 Å². The van der Waals surface area contributed by atoms with Crippen LogP contribution in [0.3, 0.4) is 0 Å². The van der Waals surface area contributed by atoms with Crippen molar-refractivity contribution < 1.29 is 9.13 Å². The molecule has 1 nitrogen and oxygen atoms in total. The first-order valence-corrected chi connectivity index (χ1v) is 7.71. The molecule has 1 saturated carbocycles. The molecule has 0 spiro atoms. The Balaban J connectivity index is 2.04. The lowest BCUT2D eigenvalue weighted by atomic mass is 9.82. The van der Waals surface area contributed by atoms with Gasteiger partial charge in [-0.2, -0.15) is 0 Å². The van der Waals surface area contributed by atoms with Crippen molar-refractivity contribution in [3.8, 4) is 5.75 Å². The van der Waals surface area contributed by atoms with E-state index < -0.39 is 0 Å². The second-order valence-corrected chi connectivity index (χ2v) is 6.12. The molecule has 0 bridgehead atoms. The largest absolute Gasteiger partial charge is 0.487 e. The highest BCUT2D eigenvalue weighted by molar-refractivity contribution is 9.08. The van der Waals surface area contributed by atoms with E-state index in [4.69, 9.17) is 4.74 Å². The van der Waals surface area contributed by atoms with Gasteiger partial charge in [0.05, 0.1) is 6.10 Å². The first kappa shape index (κ1) is 13.9. The van der Waals surface area contributed by atoms with Gasteiger partial charge in [-0.05, 0) is 48.8 Å². The second kappa shape index (κ2) is 6.05. The van der Waals surface area contributed by atoms with E-state index in [1.807, 2.05) is 6.07 Å². The molecule has 1 aliphatic carbocycles. The normalized spacial score (nSPS) is 28.1. The van der Waals surface area contributed by atoms with Crippen LogP contribution in [0.5, 0.6) is 5.75 Å². The molecule has 1 aromatic carbocycles. The van der Waals surface area contributed by atoms with Gasteiger partial charge in [0, 0.05) is 5.33 Å². The molecule has 0 amide bonds. The van der Waals surface area contributed by atoms with Crippen LogP contribution in [0.15, 0.2) is 18.2 Å². The van der Waals surface area contributed by atoms with Gasteiger partial charge in [0.15, 0.2) is 11.6 Å². The Morgan fingerprint density at radius 1 is 1.22 bits per heavy atom. The molecule has 0 radical (unpaired) electrons. The standard InChI is InChI=1S/C15H20BrFO/c1-10-5-11(2)7-13(6-10)18-15-4-3-12(9-16)8-14(15)17/h3-4,8,10-11,13H,5-7,9H2,1-2H3. The summed E-state index contributed by atoms with van der Waals surface area (Å²) in [5.74, 6) is 1.48. The van der Waals surface area contributed by atoms with Gasteiger partial charge in [-0.25, -0.2) is 4.39 Å². The van der Waals surface area contributed by atoms with Gasteiger partial charge in [0.25, 0.3) is 0 Å². The van der Waals surface area contributed by atoms with E-state index in [-0.39, 0.29) is 11.9 Å². The molecule has 2 atom stereocenters. The van der Waals surface area contributed by atoms with Crippen molar-refractivity contribution in [1.82, 2.24) is 0 Å². The number of ether oxygens (including phenoxy) is 1. The quantitative estimate of drug-likeness (QED) is 0.719. The minimum atomic E-state index is -0.252. The summed E-state index contributed by atoms with van der Waals surface area (Å²) < 4.78 is 19.7. The monoisotopic (exact) mass is 314 g/mol. The highest BCUT2D eigenvalue weighted by Crippen LogP contribution is 2.32. The Morgan fingerprint density at radius 2 is 1.89 bits per heavy atom. The van der Waals surface area contributed by atoms with E-state index in [2.05, 4.69) is 29.8 Å². The van der Waals surface area contributed by atoms with Crippen molar-refractivity contribution in [3.05, 3.63) is 29.6 Å². The molecule has 1 fully saturated rings. The fraction of sp³-hybridized carbons (Fsp3) is 0.600. The summed E-state index contributed by atoms with van der Waals surface area (Å²) in [4.78, 5) is 0. The van der Waals surface area contributed by atoms with E-state index in [1.54, 1.807) is 12.1 Å². The average Bonchev–Trinajstić information content (AvgIpc) is 2.30. The van der Waals surface area contributed by atoms with Crippen LogP contribution in [0.25, 0.3) is 0 Å². The highest BCUT2D eigenvalue weighted by Gasteiger charge is 2.25. The van der Waals surface area contributed by atoms with E-state index >= 15 is 0 Å². The highest BCUT2D eigenvalue weighted by atomic mass is 79.9. The third kappa shape index (κ3) is 3.47. The summed E-state index contributed by atoms with van der Waals surface area (Å²) in [6.45, 7) is 4.49. The smallest absolute Gasteiger partial charge is 0.165 e. The van der Waals surface area contributed by atoms with Gasteiger partial charge >= 0.3 is 0 Å². The zero-order valence-corrected chi connectivity index (χ0v) is 12.5. The molecule has 1 aliphatic rings. The first-order valence-electron chi connectivity index (χ1n) is 6.59. The van der Waals surface area contributed by atoms with Gasteiger partial charge in [-0.3, -0.25) is 0 Å². The maximum absolute atomic E-state index is 13.8. The average molecular weight is 315 g/mol. The summed E-state index contributed by atoms with van der Waals surface area (Å²) in [5.41, 5.74) is 0.935. The molecule has 0 aliphatic heterocycles. The fourth-order valence-corrected chi connectivity index (χ4v) is 3.22. The zero-order chi connectivity index (χ0) is 13.1. The van der Waals surface area contributed by atoms with E-state index in [1.165, 1.54) is 6.42 Å². The Morgan fingerprint density at radius 3 is 2.44 bits per heavy atom. The van der Waals surface area contributed by atoms with Crippen molar-refractivity contribution in [2.45, 2.75) is 44.5 Å². The summed E-state index contributed by atoms with van der Waals surface area (Å²) in [6, 6.07) is 5.19. The summed E-state index contributed by atoms with van der Waals surface area (Å²) in [6.07, 6.45) is 3.48. The Bertz CT molecular complexity index is 397. The third-order valence-electron chi connectivity index (χ3n) is 3.58. The van der Waals surface area contributed by atoms with Crippen LogP contribution >= 0.6 is 15.9 Å². The SMILES string of the molecule is CC1CC(C)CC(Oc2ccc(CBr)cc2F)C1. The van der Waals surface area contributed by atoms with Gasteiger partial charge in [-0.1, -0.05) is 35.8 Å². The molecular formula is C15H20BrFO. The van der Waals surface area contributed by atoms with Crippen LogP contribution in [0, 0.1) is 17.7 Å². The molecule has 0 saturated heterocycles. The lowest BCUT2D eigenvalue weighted by Crippen LogP contribution is -2.28. The molecule has 100 valence electrons. The molecule has 18 heavy (non-hydrogen) atoms. The lowest BCUT2D eigenvalue weighted by Gasteiger charge is -2.31. The van der Waals surface area contributed by atoms with E-state index in [0.717, 1.165) is 18.4 Å². The van der Waals surface area contributed by atoms with E-state index in [0.29, 0.717) is 22.9 Å². The van der Waals surface area contributed by atoms with Crippen molar-refractivity contribution in [1.29, 1.82) is 0 Å². The molecule has 2 rings (SSSR count). The van der Waals surface area contributed by atoms with Crippen molar-refractivity contribution in [2.75, 3.05) is 0 Å². The predicted molar refractivity (Wildman–Crippen MR) is 75.6 cm³/mol. The number of benzene rings is 1. The predicted octanol–water partition coefficient (Wildman–Crippen LogP) is 4.92. The van der Waals surface area contributed by atoms with Gasteiger partial charge in [0.2, 0.25) is 0 Å². The third-order valence-corrected chi connectivity index (χ3v) is 4.23. The number of alkyl halides is 1. The van der Waals surface area contributed by atoms with Gasteiger partial charge < -0.3 is 4.74 Å². The molecular weight excluding hydrogens is 295 g/mol. The van der Waals surface area contributed by atoms with Crippen LogP contribution in [0.1, 0.15) is 38.7 Å². The minimum Gasteiger partial charge on any atom is -0.487 e. The number of rotatable bonds is 3. The Hall–Kier alpha value is -0.570. The number of hydrogen-bond donors (Lipinski definition) is 0. The summed E-state index contributed by atoms with van der Waals surface area (Å²) in [5, 5.41) is 0.668. The number of hydrogen-bond acceptors (Lipinski definition) is 1. The summed E-state index contributed by atoms with van der Waals surface area (Å²) in [7, 11) is 0. The maximum Gasteiger partial charge on any atom is 0.165 e. The van der Waals surface area contributed by atoms with Crippen LogP contribution < -0.4 is 4.74 Å². The minimum absolute atomic E-state index is 0.160. The Labute approximate surface area is 117 Å². The second-order valence-electron chi connectivity index (χ2n) is 5.56. The van der Waals surface area contributed by atoms with Gasteiger partial charge in [-0.15, -0.1) is 0 Å². The van der Waals surface area contributed by atoms with Crippen molar-refractivity contribution >= 4 is 15.9 Å². The zero-order valence-electron chi connectivity index (χ0n) is 11.0. The van der Waals surface area contributed by atoms with Crippen LogP contribution in [-0.2, 0) is 5.33 Å². The first-order chi connectivity index (χ1) is 8.58. The topological polar surface area (TPSA) is 9.23 Å². The lowest BCUT2D eigenvalue weighted by molar-refractivity contribution is 0.0970. The Kier molecular flexibility index (Phi) is 4.66. The molecule has 1 aromatic rings. The van der Waals surface area contributed by atoms with Crippen LogP contribution in [0.2, 0.25) is 0 Å². The van der Waals surface area contributed by atoms with Crippen LogP contribution in [-0.4, -0.2) is 6.10 Å². The van der Waals surface area contributed by atoms with Crippen molar-refractivity contribution in [3.63, 3.8) is 0 Å². The number of halogens is 2. The van der Waals surface area contributed by atoms with Crippen LogP contribution in [0.4, 0.5) is 4.39 Å². The van der Waals surface area contributed by atoms with E-state index in [9.17, 15) is 4.39 Å². The maximum atomic E-state index is 13.8. The molecule has 3 heteroatoms. The molecule has 0 heterocycles. The molecule has 0 aromatic heterocycles. The van der Waals surface area contributed by atoms with Crippen molar-refractivity contribution in [2.24, 2.45) is 11.8 Å². The summed E-state index contributed by atoms with van der Waals surface area (Å²) >= 11 is 3.32. The molecule has 0 N–H and O–H groups in total. The molecule has 2 unspecified atom stereocenters.